The van der Waals surface area contributed by atoms with Gasteiger partial charge in [-0.25, -0.2) is 0 Å². The molecule has 1 saturated heterocycles. The monoisotopic (exact) mass is 296 g/mol. The Bertz CT molecular complexity index is 436. The summed E-state index contributed by atoms with van der Waals surface area (Å²) in [5, 5.41) is 0.742. The number of halogens is 1. The summed E-state index contributed by atoms with van der Waals surface area (Å²) in [6.07, 6.45) is 1.28. The Morgan fingerprint density at radius 2 is 1.79 bits per heavy atom. The molecule has 1 fully saturated rings. The van der Waals surface area contributed by atoms with Crippen LogP contribution in [0.1, 0.15) is 31.9 Å². The van der Waals surface area contributed by atoms with E-state index in [0.717, 1.165) is 23.7 Å². The Balaban J connectivity index is 2.24. The lowest BCUT2D eigenvalue weighted by Crippen LogP contribution is -2.45. The Morgan fingerprint density at radius 3 is 2.26 bits per heavy atom. The van der Waals surface area contributed by atoms with E-state index in [1.165, 1.54) is 6.42 Å². The van der Waals surface area contributed by atoms with Gasteiger partial charge < -0.3 is 5.73 Å². The van der Waals surface area contributed by atoms with Crippen LogP contribution in [0, 0.1) is 11.8 Å². The summed E-state index contributed by atoms with van der Waals surface area (Å²) < 4.78 is 0. The molecular weight excluding hydrogens is 276 g/mol. The molecule has 0 spiro atoms. The van der Waals surface area contributed by atoms with Crippen LogP contribution in [-0.4, -0.2) is 23.0 Å². The van der Waals surface area contributed by atoms with E-state index in [2.05, 4.69) is 18.7 Å². The Labute approximate surface area is 125 Å². The number of thiocarbonyl (C=S) groups is 1. The third-order valence-electron chi connectivity index (χ3n) is 3.72. The zero-order valence-corrected chi connectivity index (χ0v) is 13.0. The number of nitrogens with two attached hydrogens (primary N) is 1. The lowest BCUT2D eigenvalue weighted by molar-refractivity contribution is 0.122. The molecule has 0 aromatic heterocycles. The van der Waals surface area contributed by atoms with Crippen LogP contribution >= 0.6 is 23.8 Å². The highest BCUT2D eigenvalue weighted by Gasteiger charge is 2.29. The van der Waals surface area contributed by atoms with Crippen LogP contribution in [0.5, 0.6) is 0 Å². The number of rotatable bonds is 3. The predicted octanol–water partition coefficient (Wildman–Crippen LogP) is 3.65. The lowest BCUT2D eigenvalue weighted by atomic mass is 9.89. The van der Waals surface area contributed by atoms with Crippen LogP contribution in [0.25, 0.3) is 0 Å². The second-order valence-corrected chi connectivity index (χ2v) is 6.66. The van der Waals surface area contributed by atoms with Gasteiger partial charge in [0, 0.05) is 18.1 Å². The van der Waals surface area contributed by atoms with Crippen LogP contribution in [0.3, 0.4) is 0 Å². The molecule has 2 rings (SSSR count). The van der Waals surface area contributed by atoms with Gasteiger partial charge in [-0.3, -0.25) is 4.90 Å². The molecule has 19 heavy (non-hydrogen) atoms. The van der Waals surface area contributed by atoms with Crippen molar-refractivity contribution in [2.75, 3.05) is 13.1 Å². The average Bonchev–Trinajstić information content (AvgIpc) is 2.30. The van der Waals surface area contributed by atoms with Crippen LogP contribution in [0.4, 0.5) is 0 Å². The van der Waals surface area contributed by atoms with E-state index in [1.807, 2.05) is 24.3 Å². The fourth-order valence-corrected chi connectivity index (χ4v) is 3.53. The first-order valence-electron chi connectivity index (χ1n) is 6.76. The summed E-state index contributed by atoms with van der Waals surface area (Å²) in [5.41, 5.74) is 7.12. The number of hydrogen-bond acceptors (Lipinski definition) is 2. The van der Waals surface area contributed by atoms with E-state index in [0.29, 0.717) is 16.8 Å². The van der Waals surface area contributed by atoms with E-state index in [-0.39, 0.29) is 6.04 Å². The number of piperidine rings is 1. The van der Waals surface area contributed by atoms with Crippen LogP contribution in [0.15, 0.2) is 24.3 Å². The first-order chi connectivity index (χ1) is 8.97. The van der Waals surface area contributed by atoms with Crippen LogP contribution in [-0.2, 0) is 0 Å². The van der Waals surface area contributed by atoms with Gasteiger partial charge in [-0.05, 0) is 36.0 Å². The molecule has 0 radical (unpaired) electrons. The van der Waals surface area contributed by atoms with Gasteiger partial charge in [-0.15, -0.1) is 0 Å². The van der Waals surface area contributed by atoms with Crippen molar-refractivity contribution in [3.63, 3.8) is 0 Å². The maximum absolute atomic E-state index is 5.99. The fourth-order valence-electron chi connectivity index (χ4n) is 3.12. The minimum absolute atomic E-state index is 0.0254. The molecule has 4 heteroatoms. The molecule has 1 aliphatic rings. The van der Waals surface area contributed by atoms with Gasteiger partial charge >= 0.3 is 0 Å². The Morgan fingerprint density at radius 1 is 1.26 bits per heavy atom. The molecule has 0 amide bonds. The number of nitrogens with zero attached hydrogens (tertiary/aromatic N) is 1. The maximum Gasteiger partial charge on any atom is 0.0948 e. The predicted molar refractivity (Wildman–Crippen MR) is 85.5 cm³/mol. The van der Waals surface area contributed by atoms with Gasteiger partial charge in [0.15, 0.2) is 0 Å². The zero-order valence-electron chi connectivity index (χ0n) is 11.5. The summed E-state index contributed by atoms with van der Waals surface area (Å²) in [6.45, 7) is 6.69. The van der Waals surface area contributed by atoms with Crippen molar-refractivity contribution in [1.82, 2.24) is 4.90 Å². The molecule has 0 bridgehead atoms. The highest BCUT2D eigenvalue weighted by molar-refractivity contribution is 7.80. The normalized spacial score (nSPS) is 26.1. The largest absolute Gasteiger partial charge is 0.392 e. The van der Waals surface area contributed by atoms with Crippen LogP contribution < -0.4 is 5.73 Å². The quantitative estimate of drug-likeness (QED) is 0.864. The SMILES string of the molecule is CC1CC(C)CN(C(C(N)=S)c2ccc(Cl)cc2)C1. The molecule has 0 aliphatic carbocycles. The first kappa shape index (κ1) is 14.8. The van der Waals surface area contributed by atoms with Crippen LogP contribution in [0.2, 0.25) is 5.02 Å². The molecule has 2 nitrogen and oxygen atoms in total. The topological polar surface area (TPSA) is 29.3 Å². The molecule has 1 heterocycles. The Hall–Kier alpha value is -0.640. The second-order valence-electron chi connectivity index (χ2n) is 5.76. The fraction of sp³-hybridized carbons (Fsp3) is 0.533. The summed E-state index contributed by atoms with van der Waals surface area (Å²) in [6, 6.07) is 7.88. The van der Waals surface area contributed by atoms with Gasteiger partial charge in [0.05, 0.1) is 11.0 Å². The second kappa shape index (κ2) is 6.21. The van der Waals surface area contributed by atoms with Crippen molar-refractivity contribution < 1.29 is 0 Å². The smallest absolute Gasteiger partial charge is 0.0948 e. The maximum atomic E-state index is 5.99. The Kier molecular flexibility index (Phi) is 4.82. The summed E-state index contributed by atoms with van der Waals surface area (Å²) in [4.78, 5) is 2.95. The molecule has 1 aromatic carbocycles. The summed E-state index contributed by atoms with van der Waals surface area (Å²) in [5.74, 6) is 1.38. The minimum atomic E-state index is 0.0254. The molecule has 2 N–H and O–H groups in total. The van der Waals surface area contributed by atoms with Crippen molar-refractivity contribution in [2.45, 2.75) is 26.3 Å². The van der Waals surface area contributed by atoms with Gasteiger partial charge in [0.2, 0.25) is 0 Å². The molecule has 104 valence electrons. The number of likely N-dealkylation sites (tertiary alicyclic amines) is 1. The first-order valence-corrected chi connectivity index (χ1v) is 7.55. The van der Waals surface area contributed by atoms with Crippen molar-refractivity contribution in [3.8, 4) is 0 Å². The summed E-state index contributed by atoms with van der Waals surface area (Å²) >= 11 is 11.2. The highest BCUT2D eigenvalue weighted by Crippen LogP contribution is 2.30. The standard InChI is InChI=1S/C15H21ClN2S/c1-10-7-11(2)9-18(8-10)14(15(17)19)12-3-5-13(16)6-4-12/h3-6,10-11,14H,7-9H2,1-2H3,(H2,17,19). The van der Waals surface area contributed by atoms with E-state index in [9.17, 15) is 0 Å². The van der Waals surface area contributed by atoms with Gasteiger partial charge in [-0.2, -0.15) is 0 Å². The number of benzene rings is 1. The van der Waals surface area contributed by atoms with Gasteiger partial charge in [-0.1, -0.05) is 49.8 Å². The molecule has 1 aliphatic heterocycles. The highest BCUT2D eigenvalue weighted by atomic mass is 35.5. The van der Waals surface area contributed by atoms with Gasteiger partial charge in [0.25, 0.3) is 0 Å². The average molecular weight is 297 g/mol. The number of hydrogen-bond donors (Lipinski definition) is 1. The van der Waals surface area contributed by atoms with Gasteiger partial charge in [0.1, 0.15) is 0 Å². The summed E-state index contributed by atoms with van der Waals surface area (Å²) in [7, 11) is 0. The molecule has 3 atom stereocenters. The lowest BCUT2D eigenvalue weighted by Gasteiger charge is -2.40. The van der Waals surface area contributed by atoms with E-state index in [4.69, 9.17) is 29.6 Å². The van der Waals surface area contributed by atoms with Crippen molar-refractivity contribution >= 4 is 28.8 Å². The molecular formula is C15H21ClN2S. The third-order valence-corrected chi connectivity index (χ3v) is 4.19. The zero-order chi connectivity index (χ0) is 14.0. The molecule has 1 aromatic rings. The third kappa shape index (κ3) is 3.68. The molecule has 3 unspecified atom stereocenters. The van der Waals surface area contributed by atoms with Crippen molar-refractivity contribution in [2.24, 2.45) is 17.6 Å². The molecule has 0 saturated carbocycles. The van der Waals surface area contributed by atoms with Crippen molar-refractivity contribution in [1.29, 1.82) is 0 Å². The van der Waals surface area contributed by atoms with E-state index < -0.39 is 0 Å². The minimum Gasteiger partial charge on any atom is -0.392 e. The van der Waals surface area contributed by atoms with E-state index >= 15 is 0 Å². The van der Waals surface area contributed by atoms with E-state index in [1.54, 1.807) is 0 Å². The van der Waals surface area contributed by atoms with Crippen molar-refractivity contribution in [3.05, 3.63) is 34.9 Å².